The molecule has 2 atom stereocenters. The molecule has 0 aromatic carbocycles. The Bertz CT molecular complexity index is 338. The summed E-state index contributed by atoms with van der Waals surface area (Å²) < 4.78 is 5.46. The Labute approximate surface area is 94.0 Å². The molecule has 0 bridgehead atoms. The second-order valence-corrected chi connectivity index (χ2v) is 4.12. The summed E-state index contributed by atoms with van der Waals surface area (Å²) in [6.07, 6.45) is 1.22. The monoisotopic (exact) mass is 227 g/mol. The van der Waals surface area contributed by atoms with E-state index in [4.69, 9.17) is 16.3 Å². The van der Waals surface area contributed by atoms with Crippen LogP contribution in [0.3, 0.4) is 0 Å². The van der Waals surface area contributed by atoms with E-state index in [9.17, 15) is 0 Å². The molecule has 0 spiro atoms. The third-order valence-corrected chi connectivity index (χ3v) is 2.71. The van der Waals surface area contributed by atoms with Crippen molar-refractivity contribution in [3.8, 4) is 0 Å². The molecule has 1 aromatic rings. The number of anilines is 1. The molecule has 0 saturated carbocycles. The van der Waals surface area contributed by atoms with Gasteiger partial charge in [0.1, 0.15) is 5.82 Å². The summed E-state index contributed by atoms with van der Waals surface area (Å²) in [5, 5.41) is 3.59. The zero-order valence-corrected chi connectivity index (χ0v) is 9.58. The number of ether oxygens (including phenoxy) is 1. The standard InChI is InChI=1S/C10H14ClN3O/c1-6-5-9(14-10(11)12-6)13-8-3-4-15-7(8)2/h5,7-8H,3-4H2,1-2H3,(H,12,13,14). The molecule has 2 heterocycles. The van der Waals surface area contributed by atoms with Crippen molar-refractivity contribution >= 4 is 17.4 Å². The van der Waals surface area contributed by atoms with E-state index in [1.165, 1.54) is 0 Å². The molecule has 2 unspecified atom stereocenters. The number of aromatic nitrogens is 2. The van der Waals surface area contributed by atoms with Gasteiger partial charge < -0.3 is 10.1 Å². The maximum absolute atomic E-state index is 5.78. The van der Waals surface area contributed by atoms with Crippen LogP contribution < -0.4 is 5.32 Å². The lowest BCUT2D eigenvalue weighted by molar-refractivity contribution is 0.121. The molecule has 1 aliphatic rings. The Morgan fingerprint density at radius 2 is 2.33 bits per heavy atom. The number of nitrogens with zero attached hydrogens (tertiary/aromatic N) is 2. The van der Waals surface area contributed by atoms with Crippen molar-refractivity contribution in [3.05, 3.63) is 17.0 Å². The van der Waals surface area contributed by atoms with Crippen molar-refractivity contribution in [2.75, 3.05) is 11.9 Å². The molecule has 0 aliphatic carbocycles. The smallest absolute Gasteiger partial charge is 0.224 e. The fourth-order valence-corrected chi connectivity index (χ4v) is 1.94. The number of halogens is 1. The van der Waals surface area contributed by atoms with Gasteiger partial charge in [-0.2, -0.15) is 0 Å². The van der Waals surface area contributed by atoms with E-state index in [0.717, 1.165) is 24.5 Å². The van der Waals surface area contributed by atoms with Crippen LogP contribution in [-0.2, 0) is 4.74 Å². The van der Waals surface area contributed by atoms with E-state index in [1.54, 1.807) is 0 Å². The Balaban J connectivity index is 2.10. The SMILES string of the molecule is Cc1cc(NC2CCOC2C)nc(Cl)n1. The lowest BCUT2D eigenvalue weighted by Gasteiger charge is -2.16. The third kappa shape index (κ3) is 2.58. The Morgan fingerprint density at radius 1 is 1.53 bits per heavy atom. The zero-order valence-electron chi connectivity index (χ0n) is 8.83. The van der Waals surface area contributed by atoms with Crippen LogP contribution in [0.2, 0.25) is 5.28 Å². The van der Waals surface area contributed by atoms with Crippen molar-refractivity contribution in [2.45, 2.75) is 32.4 Å². The molecule has 0 radical (unpaired) electrons. The van der Waals surface area contributed by atoms with Crippen LogP contribution in [0, 0.1) is 6.92 Å². The van der Waals surface area contributed by atoms with Gasteiger partial charge in [-0.15, -0.1) is 0 Å². The number of hydrogen-bond acceptors (Lipinski definition) is 4. The van der Waals surface area contributed by atoms with Gasteiger partial charge in [-0.05, 0) is 31.9 Å². The van der Waals surface area contributed by atoms with E-state index >= 15 is 0 Å². The summed E-state index contributed by atoms with van der Waals surface area (Å²) >= 11 is 5.78. The highest BCUT2D eigenvalue weighted by Gasteiger charge is 2.24. The average molecular weight is 228 g/mol. The van der Waals surface area contributed by atoms with Crippen molar-refractivity contribution in [3.63, 3.8) is 0 Å². The number of hydrogen-bond donors (Lipinski definition) is 1. The molecule has 15 heavy (non-hydrogen) atoms. The van der Waals surface area contributed by atoms with Crippen LogP contribution in [0.25, 0.3) is 0 Å². The van der Waals surface area contributed by atoms with Crippen molar-refractivity contribution in [1.29, 1.82) is 0 Å². The van der Waals surface area contributed by atoms with Crippen LogP contribution in [0.5, 0.6) is 0 Å². The molecular formula is C10H14ClN3O. The van der Waals surface area contributed by atoms with Crippen LogP contribution in [0.1, 0.15) is 19.0 Å². The largest absolute Gasteiger partial charge is 0.376 e. The minimum atomic E-state index is 0.221. The van der Waals surface area contributed by atoms with Gasteiger partial charge in [0, 0.05) is 18.4 Å². The van der Waals surface area contributed by atoms with Gasteiger partial charge in [-0.25, -0.2) is 9.97 Å². The molecule has 82 valence electrons. The first-order valence-electron chi connectivity index (χ1n) is 5.04. The lowest BCUT2D eigenvalue weighted by atomic mass is 10.1. The van der Waals surface area contributed by atoms with Crippen LogP contribution >= 0.6 is 11.6 Å². The first-order valence-corrected chi connectivity index (χ1v) is 5.42. The molecule has 5 heteroatoms. The third-order valence-electron chi connectivity index (χ3n) is 2.54. The summed E-state index contributed by atoms with van der Waals surface area (Å²) in [6, 6.07) is 2.20. The van der Waals surface area contributed by atoms with Crippen molar-refractivity contribution in [1.82, 2.24) is 9.97 Å². The molecular weight excluding hydrogens is 214 g/mol. The molecule has 4 nitrogen and oxygen atoms in total. The summed E-state index contributed by atoms with van der Waals surface area (Å²) in [7, 11) is 0. The molecule has 1 fully saturated rings. The predicted octanol–water partition coefficient (Wildman–Crippen LogP) is 2.03. The van der Waals surface area contributed by atoms with Crippen LogP contribution in [0.4, 0.5) is 5.82 Å². The van der Waals surface area contributed by atoms with E-state index in [-0.39, 0.29) is 11.4 Å². The van der Waals surface area contributed by atoms with Crippen LogP contribution in [-0.4, -0.2) is 28.7 Å². The average Bonchev–Trinajstić information content (AvgIpc) is 2.50. The van der Waals surface area contributed by atoms with Crippen LogP contribution in [0.15, 0.2) is 6.07 Å². The van der Waals surface area contributed by atoms with E-state index < -0.39 is 0 Å². The minimum absolute atomic E-state index is 0.221. The number of nitrogens with one attached hydrogen (secondary N) is 1. The summed E-state index contributed by atoms with van der Waals surface area (Å²) in [4.78, 5) is 8.13. The van der Waals surface area contributed by atoms with Gasteiger partial charge in [0.05, 0.1) is 12.1 Å². The fraction of sp³-hybridized carbons (Fsp3) is 0.600. The second-order valence-electron chi connectivity index (χ2n) is 3.78. The highest BCUT2D eigenvalue weighted by Crippen LogP contribution is 2.18. The van der Waals surface area contributed by atoms with E-state index in [1.807, 2.05) is 13.0 Å². The van der Waals surface area contributed by atoms with Gasteiger partial charge in [0.2, 0.25) is 5.28 Å². The Kier molecular flexibility index (Phi) is 3.07. The Morgan fingerprint density at radius 3 is 2.93 bits per heavy atom. The first kappa shape index (κ1) is 10.6. The van der Waals surface area contributed by atoms with E-state index in [0.29, 0.717) is 6.04 Å². The lowest BCUT2D eigenvalue weighted by Crippen LogP contribution is -2.27. The summed E-state index contributed by atoms with van der Waals surface area (Å²) in [5.41, 5.74) is 0.865. The molecule has 1 aromatic heterocycles. The van der Waals surface area contributed by atoms with Crippen molar-refractivity contribution in [2.24, 2.45) is 0 Å². The number of aryl methyl sites for hydroxylation is 1. The molecule has 0 amide bonds. The highest BCUT2D eigenvalue weighted by molar-refractivity contribution is 6.28. The zero-order chi connectivity index (χ0) is 10.8. The van der Waals surface area contributed by atoms with Crippen molar-refractivity contribution < 1.29 is 4.74 Å². The number of rotatable bonds is 2. The molecule has 2 rings (SSSR count). The molecule has 1 aliphatic heterocycles. The normalized spacial score (nSPS) is 25.5. The maximum atomic E-state index is 5.78. The Hall–Kier alpha value is -0.870. The fourth-order valence-electron chi connectivity index (χ4n) is 1.72. The summed E-state index contributed by atoms with van der Waals surface area (Å²) in [5.74, 6) is 0.773. The first-order chi connectivity index (χ1) is 7.15. The molecule has 1 saturated heterocycles. The topological polar surface area (TPSA) is 47.0 Å². The highest BCUT2D eigenvalue weighted by atomic mass is 35.5. The van der Waals surface area contributed by atoms with E-state index in [2.05, 4.69) is 22.2 Å². The predicted molar refractivity (Wildman–Crippen MR) is 59.2 cm³/mol. The quantitative estimate of drug-likeness (QED) is 0.786. The van der Waals surface area contributed by atoms with Gasteiger partial charge in [-0.1, -0.05) is 0 Å². The maximum Gasteiger partial charge on any atom is 0.224 e. The van der Waals surface area contributed by atoms with Gasteiger partial charge in [0.25, 0.3) is 0 Å². The van der Waals surface area contributed by atoms with Gasteiger partial charge in [0.15, 0.2) is 0 Å². The molecule has 1 N–H and O–H groups in total. The summed E-state index contributed by atoms with van der Waals surface area (Å²) in [6.45, 7) is 4.75. The minimum Gasteiger partial charge on any atom is -0.376 e. The van der Waals surface area contributed by atoms with Gasteiger partial charge in [-0.3, -0.25) is 0 Å². The second kappa shape index (κ2) is 4.33. The van der Waals surface area contributed by atoms with Gasteiger partial charge >= 0.3 is 0 Å².